The summed E-state index contributed by atoms with van der Waals surface area (Å²) in [7, 11) is 12.7. The predicted octanol–water partition coefficient (Wildman–Crippen LogP) is 5.95. The van der Waals surface area contributed by atoms with Gasteiger partial charge in [-0.05, 0) is 35.7 Å². The maximum Gasteiger partial charge on any atom is 0.143 e. The number of rotatable bonds is 3. The molecule has 136 valence electrons. The molecule has 2 heterocycles. The first-order chi connectivity index (χ1) is 13.9. The van der Waals surface area contributed by atoms with Crippen molar-refractivity contribution in [3.63, 3.8) is 0 Å². The standard InChI is InChI=1S/C25H19B2NO/c1-15(2)25(26,27)18-11-12-28-22(14-18)17-8-9-20-21-10-7-16-5-3-4-6-19(16)24(21)29-23(20)13-17/h3-15H,1-2H3. The van der Waals surface area contributed by atoms with Gasteiger partial charge in [-0.2, -0.15) is 0 Å². The van der Waals surface area contributed by atoms with Crippen LogP contribution < -0.4 is 0 Å². The van der Waals surface area contributed by atoms with Gasteiger partial charge < -0.3 is 4.42 Å². The Hall–Kier alpha value is -3.00. The van der Waals surface area contributed by atoms with E-state index in [9.17, 15) is 0 Å². The first-order valence-corrected chi connectivity index (χ1v) is 9.84. The number of hydrogen-bond donors (Lipinski definition) is 0. The van der Waals surface area contributed by atoms with E-state index in [4.69, 9.17) is 20.1 Å². The van der Waals surface area contributed by atoms with Gasteiger partial charge >= 0.3 is 0 Å². The Morgan fingerprint density at radius 3 is 2.48 bits per heavy atom. The van der Waals surface area contributed by atoms with Gasteiger partial charge in [0.15, 0.2) is 0 Å². The van der Waals surface area contributed by atoms with E-state index in [0.717, 1.165) is 44.1 Å². The minimum Gasteiger partial charge on any atom is -0.455 e. The van der Waals surface area contributed by atoms with Crippen molar-refractivity contribution in [2.75, 3.05) is 0 Å². The molecule has 4 heteroatoms. The van der Waals surface area contributed by atoms with Crippen LogP contribution in [-0.4, -0.2) is 20.7 Å². The molecule has 5 aromatic rings. The number of fused-ring (bicyclic) bond motifs is 5. The Bertz CT molecular complexity index is 1370. The first-order valence-electron chi connectivity index (χ1n) is 9.84. The van der Waals surface area contributed by atoms with Gasteiger partial charge in [0.2, 0.25) is 0 Å². The maximum atomic E-state index is 6.35. The lowest BCUT2D eigenvalue weighted by Crippen LogP contribution is -2.33. The Morgan fingerprint density at radius 1 is 0.862 bits per heavy atom. The molecule has 0 bridgehead atoms. The summed E-state index contributed by atoms with van der Waals surface area (Å²) in [5, 5.41) is 3.61. The summed E-state index contributed by atoms with van der Waals surface area (Å²) in [5.74, 6) is 0.101. The van der Waals surface area contributed by atoms with Crippen molar-refractivity contribution in [2.45, 2.75) is 19.1 Å². The third-order valence-corrected chi connectivity index (χ3v) is 5.87. The zero-order chi connectivity index (χ0) is 20.2. The van der Waals surface area contributed by atoms with Crippen LogP contribution in [0, 0.1) is 5.92 Å². The van der Waals surface area contributed by atoms with Gasteiger partial charge in [-0.25, -0.2) is 0 Å². The summed E-state index contributed by atoms with van der Waals surface area (Å²) >= 11 is 0. The number of pyridine rings is 1. The summed E-state index contributed by atoms with van der Waals surface area (Å²) in [6.07, 6.45) is 1.76. The van der Waals surface area contributed by atoms with Crippen LogP contribution in [-0.2, 0) is 5.21 Å². The van der Waals surface area contributed by atoms with Gasteiger partial charge in [-0.15, -0.1) is 0 Å². The van der Waals surface area contributed by atoms with Crippen molar-refractivity contribution >= 4 is 48.4 Å². The molecular formula is C25H19B2NO. The molecular weight excluding hydrogens is 352 g/mol. The molecule has 3 aromatic carbocycles. The predicted molar refractivity (Wildman–Crippen MR) is 122 cm³/mol. The van der Waals surface area contributed by atoms with Gasteiger partial charge in [-0.3, -0.25) is 4.98 Å². The number of benzene rings is 3. The molecule has 0 aliphatic carbocycles. The van der Waals surface area contributed by atoms with Gasteiger partial charge in [0.25, 0.3) is 0 Å². The summed E-state index contributed by atoms with van der Waals surface area (Å²) in [4.78, 5) is 4.54. The highest BCUT2D eigenvalue weighted by Crippen LogP contribution is 2.36. The second-order valence-corrected chi connectivity index (χ2v) is 7.99. The molecule has 4 radical (unpaired) electrons. The molecule has 0 spiro atoms. The molecule has 0 aliphatic rings. The van der Waals surface area contributed by atoms with Crippen molar-refractivity contribution in [3.05, 3.63) is 78.5 Å². The zero-order valence-corrected chi connectivity index (χ0v) is 16.5. The lowest BCUT2D eigenvalue weighted by molar-refractivity contribution is 0.570. The van der Waals surface area contributed by atoms with Gasteiger partial charge in [0.05, 0.1) is 21.4 Å². The highest BCUT2D eigenvalue weighted by Gasteiger charge is 2.24. The number of furan rings is 1. The maximum absolute atomic E-state index is 6.35. The molecule has 0 amide bonds. The topological polar surface area (TPSA) is 26.0 Å². The molecule has 0 aliphatic heterocycles. The first kappa shape index (κ1) is 18.1. The van der Waals surface area contributed by atoms with E-state index in [1.54, 1.807) is 6.20 Å². The van der Waals surface area contributed by atoms with E-state index >= 15 is 0 Å². The second-order valence-electron chi connectivity index (χ2n) is 7.99. The van der Waals surface area contributed by atoms with Gasteiger partial charge in [-0.1, -0.05) is 66.9 Å². The summed E-state index contributed by atoms with van der Waals surface area (Å²) < 4.78 is 6.29. The normalized spacial score (nSPS) is 12.4. The van der Waals surface area contributed by atoms with E-state index in [-0.39, 0.29) is 5.92 Å². The minimum absolute atomic E-state index is 0.101. The van der Waals surface area contributed by atoms with Crippen LogP contribution in [0.3, 0.4) is 0 Å². The highest BCUT2D eigenvalue weighted by molar-refractivity contribution is 6.40. The largest absolute Gasteiger partial charge is 0.455 e. The molecule has 29 heavy (non-hydrogen) atoms. The van der Waals surface area contributed by atoms with Crippen molar-refractivity contribution in [3.8, 4) is 11.3 Å². The SMILES string of the molecule is [B]C([B])(c1ccnc(-c2ccc3c(c2)oc2c4ccccc4ccc32)c1)C(C)C. The zero-order valence-electron chi connectivity index (χ0n) is 16.5. The van der Waals surface area contributed by atoms with E-state index in [1.807, 2.05) is 44.2 Å². The fraction of sp³-hybridized carbons (Fsp3) is 0.160. The van der Waals surface area contributed by atoms with E-state index in [2.05, 4.69) is 41.4 Å². The second kappa shape index (κ2) is 6.52. The van der Waals surface area contributed by atoms with Gasteiger partial charge in [0, 0.05) is 27.9 Å². The fourth-order valence-corrected chi connectivity index (χ4v) is 3.85. The molecule has 0 fully saturated rings. The van der Waals surface area contributed by atoms with Crippen molar-refractivity contribution in [1.82, 2.24) is 4.98 Å². The quantitative estimate of drug-likeness (QED) is 0.367. The minimum atomic E-state index is -0.903. The van der Waals surface area contributed by atoms with Crippen LogP contribution in [0.15, 0.2) is 77.3 Å². The summed E-state index contributed by atoms with van der Waals surface area (Å²) in [5.41, 5.74) is 4.43. The smallest absolute Gasteiger partial charge is 0.143 e. The van der Waals surface area contributed by atoms with Crippen LogP contribution in [0.5, 0.6) is 0 Å². The van der Waals surface area contributed by atoms with E-state index in [0.29, 0.717) is 0 Å². The van der Waals surface area contributed by atoms with E-state index < -0.39 is 5.21 Å². The molecule has 0 saturated heterocycles. The van der Waals surface area contributed by atoms with Crippen LogP contribution in [0.1, 0.15) is 19.4 Å². The van der Waals surface area contributed by atoms with Crippen molar-refractivity contribution in [2.24, 2.45) is 5.92 Å². The lowest BCUT2D eigenvalue weighted by Gasteiger charge is -2.31. The molecule has 0 unspecified atom stereocenters. The Morgan fingerprint density at radius 2 is 1.66 bits per heavy atom. The van der Waals surface area contributed by atoms with Crippen LogP contribution in [0.25, 0.3) is 44.0 Å². The van der Waals surface area contributed by atoms with Crippen LogP contribution >= 0.6 is 0 Å². The highest BCUT2D eigenvalue weighted by atomic mass is 16.3. The molecule has 5 rings (SSSR count). The van der Waals surface area contributed by atoms with Crippen LogP contribution in [0.4, 0.5) is 0 Å². The molecule has 2 nitrogen and oxygen atoms in total. The summed E-state index contributed by atoms with van der Waals surface area (Å²) in [6.45, 7) is 4.04. The third-order valence-electron chi connectivity index (χ3n) is 5.87. The number of hydrogen-bond acceptors (Lipinski definition) is 2. The summed E-state index contributed by atoms with van der Waals surface area (Å²) in [6, 6.07) is 22.6. The molecule has 2 aromatic heterocycles. The van der Waals surface area contributed by atoms with E-state index in [1.165, 1.54) is 5.39 Å². The Balaban J connectivity index is 1.67. The monoisotopic (exact) mass is 371 g/mol. The van der Waals surface area contributed by atoms with Crippen molar-refractivity contribution in [1.29, 1.82) is 0 Å². The Labute approximate surface area is 172 Å². The number of aromatic nitrogens is 1. The fourth-order valence-electron chi connectivity index (χ4n) is 3.85. The Kier molecular flexibility index (Phi) is 4.06. The third kappa shape index (κ3) is 2.86. The lowest BCUT2D eigenvalue weighted by atomic mass is 9.46. The van der Waals surface area contributed by atoms with Crippen LogP contribution in [0.2, 0.25) is 0 Å². The molecule has 0 saturated carbocycles. The number of nitrogens with zero attached hydrogens (tertiary/aromatic N) is 1. The van der Waals surface area contributed by atoms with Crippen molar-refractivity contribution < 1.29 is 4.42 Å². The molecule has 0 N–H and O–H groups in total. The average molecular weight is 371 g/mol. The average Bonchev–Trinajstić information content (AvgIpc) is 3.12. The van der Waals surface area contributed by atoms with Gasteiger partial charge in [0.1, 0.15) is 11.2 Å². The molecule has 0 atom stereocenters.